The monoisotopic (exact) mass is 569 g/mol. The van der Waals surface area contributed by atoms with Gasteiger partial charge in [-0.15, -0.1) is 11.8 Å². The Kier molecular flexibility index (Phi) is 7.62. The number of rotatable bonds is 7. The fourth-order valence-corrected chi connectivity index (χ4v) is 7.74. The van der Waals surface area contributed by atoms with Gasteiger partial charge in [-0.25, -0.2) is 17.9 Å². The van der Waals surface area contributed by atoms with E-state index in [9.17, 15) is 41.1 Å². The molecular weight excluding hydrogens is 539 g/mol. The van der Waals surface area contributed by atoms with Crippen LogP contribution in [0.15, 0.2) is 10.6 Å². The van der Waals surface area contributed by atoms with Crippen LogP contribution in [0.5, 0.6) is 0 Å². The molecule has 0 aromatic carbocycles. The Labute approximate surface area is 216 Å². The number of carbonyl (C=O) groups is 3. The minimum atomic E-state index is -5.68. The smallest absolute Gasteiger partial charge is 0.477 e. The number of likely N-dealkylation sites (N-methyl/N-ethyl adjacent to an activating group) is 1. The molecule has 0 aromatic rings. The average molecular weight is 570 g/mol. The normalized spacial score (nSPS) is 31.9. The molecule has 3 N–H and O–H groups in total. The number of sulfonamides is 1. The summed E-state index contributed by atoms with van der Waals surface area (Å²) in [5.74, 6) is -3.78. The lowest BCUT2D eigenvalue weighted by Crippen LogP contribution is -2.66. The maximum absolute atomic E-state index is 12.9. The van der Waals surface area contributed by atoms with Crippen LogP contribution < -0.4 is 10.0 Å². The highest BCUT2D eigenvalue weighted by molar-refractivity contribution is 8.03. The summed E-state index contributed by atoms with van der Waals surface area (Å²) >= 11 is 1.25. The molecule has 0 unspecified atom stereocenters. The zero-order valence-electron chi connectivity index (χ0n) is 20.5. The van der Waals surface area contributed by atoms with E-state index in [1.54, 1.807) is 6.92 Å². The minimum absolute atomic E-state index is 0.00653. The lowest BCUT2D eigenvalue weighted by atomic mass is 9.78. The van der Waals surface area contributed by atoms with E-state index in [4.69, 9.17) is 0 Å². The highest BCUT2D eigenvalue weighted by atomic mass is 32.2. The number of hydrogen-bond donors (Lipinski definition) is 3. The number of halogens is 3. The van der Waals surface area contributed by atoms with Gasteiger partial charge in [0, 0.05) is 54.8 Å². The Morgan fingerprint density at radius 3 is 2.41 bits per heavy atom. The van der Waals surface area contributed by atoms with Crippen molar-refractivity contribution in [2.45, 2.75) is 49.2 Å². The van der Waals surface area contributed by atoms with E-state index in [1.165, 1.54) is 16.5 Å². The molecule has 4 aliphatic heterocycles. The predicted molar refractivity (Wildman–Crippen MR) is 127 cm³/mol. The predicted octanol–water partition coefficient (Wildman–Crippen LogP) is -0.175. The van der Waals surface area contributed by atoms with E-state index in [1.807, 2.05) is 11.9 Å². The van der Waals surface area contributed by atoms with Gasteiger partial charge in [0.15, 0.2) is 0 Å². The second-order valence-corrected chi connectivity index (χ2v) is 13.0. The molecule has 4 aliphatic rings. The van der Waals surface area contributed by atoms with Gasteiger partial charge in [-0.3, -0.25) is 9.59 Å². The summed E-state index contributed by atoms with van der Waals surface area (Å²) in [4.78, 5) is 43.3. The Morgan fingerprint density at radius 2 is 1.84 bits per heavy atom. The van der Waals surface area contributed by atoms with Crippen LogP contribution in [0.1, 0.15) is 20.3 Å². The van der Waals surface area contributed by atoms with Gasteiger partial charge in [0.2, 0.25) is 11.8 Å². The number of carbonyl (C=O) groups excluding carboxylic acids is 2. The van der Waals surface area contributed by atoms with Crippen molar-refractivity contribution >= 4 is 39.6 Å². The van der Waals surface area contributed by atoms with Gasteiger partial charge in [-0.2, -0.15) is 13.2 Å². The zero-order valence-corrected chi connectivity index (χ0v) is 22.1. The first-order valence-electron chi connectivity index (χ1n) is 11.9. The lowest BCUT2D eigenvalue weighted by molar-refractivity contribution is -0.158. The summed E-state index contributed by atoms with van der Waals surface area (Å²) in [5.41, 5.74) is -5.77. The van der Waals surface area contributed by atoms with Gasteiger partial charge in [0.1, 0.15) is 5.70 Å². The Bertz CT molecular complexity index is 1110. The highest BCUT2D eigenvalue weighted by Gasteiger charge is 2.61. The van der Waals surface area contributed by atoms with Gasteiger partial charge in [-0.1, -0.05) is 6.92 Å². The zero-order chi connectivity index (χ0) is 27.4. The number of alkyl halides is 3. The van der Waals surface area contributed by atoms with Gasteiger partial charge in [0.25, 0.3) is 0 Å². The number of fused-ring (bicyclic) bond motifs is 1. The number of piperazine rings is 1. The van der Waals surface area contributed by atoms with E-state index in [0.29, 0.717) is 31.0 Å². The third-order valence-corrected chi connectivity index (χ3v) is 10.3. The third kappa shape index (κ3) is 5.10. The number of carboxylic acid groups (broad SMARTS) is 1. The number of β-lactam (4-membered cyclic amide) rings is 1. The molecule has 3 saturated heterocycles. The molecule has 11 nitrogen and oxygen atoms in total. The van der Waals surface area contributed by atoms with E-state index in [2.05, 4.69) is 10.2 Å². The molecule has 0 radical (unpaired) electrons. The number of nitrogens with one attached hydrogen (secondary N) is 2. The summed E-state index contributed by atoms with van der Waals surface area (Å²) in [7, 11) is -3.69. The van der Waals surface area contributed by atoms with E-state index >= 15 is 0 Å². The van der Waals surface area contributed by atoms with Gasteiger partial charge >= 0.3 is 21.5 Å². The molecule has 4 rings (SSSR count). The number of amides is 2. The highest BCUT2D eigenvalue weighted by Crippen LogP contribution is 2.52. The van der Waals surface area contributed by atoms with Crippen LogP contribution in [0.3, 0.4) is 0 Å². The van der Waals surface area contributed by atoms with E-state index < -0.39 is 57.4 Å². The standard InChI is InChI=1S/C21H30F3N5O6S2/c1-10-15-14(11(2)26-37(34,35)21(22,23)24)19(31)29(15)16(20(32)33)17(10)36-12-8-13(25-9-12)18(30)28-6-4-27(3)5-7-28/h10-15,25-26H,4-9H2,1-3H3,(H,32,33)/t10-,11-,12+,13+,14-,15-/m1/s1. The maximum atomic E-state index is 12.9. The van der Waals surface area contributed by atoms with Crippen LogP contribution in [0, 0.1) is 11.8 Å². The first kappa shape index (κ1) is 28.1. The molecule has 0 aliphatic carbocycles. The molecule has 4 heterocycles. The Morgan fingerprint density at radius 1 is 1.22 bits per heavy atom. The molecule has 6 atom stereocenters. The Balaban J connectivity index is 1.45. The van der Waals surface area contributed by atoms with Gasteiger partial charge < -0.3 is 25.1 Å². The summed E-state index contributed by atoms with van der Waals surface area (Å²) < 4.78 is 63.1. The number of carboxylic acids is 1. The van der Waals surface area contributed by atoms with Crippen molar-refractivity contribution in [3.05, 3.63) is 10.6 Å². The second kappa shape index (κ2) is 10.0. The SMILES string of the molecule is C[C@@H](NS(=O)(=O)C(F)(F)F)[C@H]1C(=O)N2C(C(=O)O)=C(S[C@@H]3CN[C@H](C(=O)N4CCN(C)CC4)C3)[C@H](C)[C@H]12. The lowest BCUT2D eigenvalue weighted by Gasteiger charge is -2.47. The topological polar surface area (TPSA) is 139 Å². The van der Waals surface area contributed by atoms with Crippen molar-refractivity contribution in [2.24, 2.45) is 11.8 Å². The van der Waals surface area contributed by atoms with Crippen LogP contribution in [-0.4, -0.2) is 115 Å². The summed E-state index contributed by atoms with van der Waals surface area (Å²) in [6.45, 7) is 6.12. The van der Waals surface area contributed by atoms with Crippen LogP contribution in [0.4, 0.5) is 13.2 Å². The molecule has 0 bridgehead atoms. The molecule has 16 heteroatoms. The number of aliphatic carboxylic acids is 1. The summed E-state index contributed by atoms with van der Waals surface area (Å²) in [6.07, 6.45) is 0.461. The number of nitrogens with zero attached hydrogens (tertiary/aromatic N) is 3. The Hall–Kier alpha value is -1.88. The number of thioether (sulfide) groups is 1. The molecule has 3 fully saturated rings. The average Bonchev–Trinajstić information content (AvgIpc) is 3.35. The summed E-state index contributed by atoms with van der Waals surface area (Å²) in [5, 5.41) is 12.9. The molecule has 0 saturated carbocycles. The summed E-state index contributed by atoms with van der Waals surface area (Å²) in [6, 6.07) is -2.58. The van der Waals surface area contributed by atoms with E-state index in [-0.39, 0.29) is 16.9 Å². The van der Waals surface area contributed by atoms with Crippen LogP contribution in [0.2, 0.25) is 0 Å². The fraction of sp³-hybridized carbons (Fsp3) is 0.762. The van der Waals surface area contributed by atoms with Crippen molar-refractivity contribution in [3.8, 4) is 0 Å². The molecule has 2 amide bonds. The van der Waals surface area contributed by atoms with Crippen LogP contribution >= 0.6 is 11.8 Å². The van der Waals surface area contributed by atoms with Crippen LogP contribution in [-0.2, 0) is 24.4 Å². The van der Waals surface area contributed by atoms with Crippen molar-refractivity contribution in [1.29, 1.82) is 0 Å². The molecule has 208 valence electrons. The number of hydrogen-bond acceptors (Lipinski definition) is 8. The maximum Gasteiger partial charge on any atom is 0.511 e. The fourth-order valence-electron chi connectivity index (χ4n) is 5.49. The van der Waals surface area contributed by atoms with Crippen molar-refractivity contribution in [1.82, 2.24) is 24.7 Å². The first-order chi connectivity index (χ1) is 17.1. The largest absolute Gasteiger partial charge is 0.511 e. The van der Waals surface area contributed by atoms with Crippen molar-refractivity contribution in [2.75, 3.05) is 39.8 Å². The third-order valence-electron chi connectivity index (χ3n) is 7.47. The van der Waals surface area contributed by atoms with Crippen molar-refractivity contribution in [3.63, 3.8) is 0 Å². The quantitative estimate of drug-likeness (QED) is 0.357. The van der Waals surface area contributed by atoms with Crippen molar-refractivity contribution < 1.29 is 41.1 Å². The molecule has 0 spiro atoms. The van der Waals surface area contributed by atoms with Gasteiger partial charge in [-0.05, 0) is 20.4 Å². The molecule has 37 heavy (non-hydrogen) atoms. The first-order valence-corrected chi connectivity index (χ1v) is 14.3. The second-order valence-electron chi connectivity index (χ2n) is 9.95. The van der Waals surface area contributed by atoms with E-state index in [0.717, 1.165) is 24.9 Å². The van der Waals surface area contributed by atoms with Crippen LogP contribution in [0.25, 0.3) is 0 Å². The minimum Gasteiger partial charge on any atom is -0.477 e. The molecular formula is C21H30F3N5O6S2. The molecule has 0 aromatic heterocycles. The van der Waals surface area contributed by atoms with Gasteiger partial charge in [0.05, 0.1) is 18.0 Å².